The van der Waals surface area contributed by atoms with E-state index in [1.54, 1.807) is 12.3 Å². The van der Waals surface area contributed by atoms with Crippen LogP contribution in [0.15, 0.2) is 36.0 Å². The number of H-pyrrole nitrogens is 1. The molecule has 1 aromatic heterocycles. The van der Waals surface area contributed by atoms with Gasteiger partial charge in [0.2, 0.25) is 0 Å². The lowest BCUT2D eigenvalue weighted by Crippen LogP contribution is -2.10. The molecule has 104 valence electrons. The fourth-order valence-electron chi connectivity index (χ4n) is 1.94. The lowest BCUT2D eigenvalue weighted by molar-refractivity contribution is -0.143. The van der Waals surface area contributed by atoms with Crippen molar-refractivity contribution >= 4 is 28.9 Å². The van der Waals surface area contributed by atoms with Gasteiger partial charge in [-0.2, -0.15) is 0 Å². The Morgan fingerprint density at radius 1 is 1.20 bits per heavy atom. The van der Waals surface area contributed by atoms with Gasteiger partial charge in [-0.25, -0.2) is 4.79 Å². The van der Waals surface area contributed by atoms with Crippen LogP contribution in [0.4, 0.5) is 0 Å². The Morgan fingerprint density at radius 3 is 2.65 bits per heavy atom. The maximum Gasteiger partial charge on any atom is 0.334 e. The Balaban J connectivity index is 2.41. The van der Waals surface area contributed by atoms with Gasteiger partial charge in [0, 0.05) is 28.2 Å². The number of benzene rings is 1. The second-order valence-electron chi connectivity index (χ2n) is 4.20. The molecule has 5 nitrogen and oxygen atoms in total. The molecule has 5 heteroatoms. The number of fused-ring (bicyclic) bond motifs is 1. The molecule has 0 radical (unpaired) electrons. The van der Waals surface area contributed by atoms with Crippen LogP contribution >= 0.6 is 0 Å². The van der Waals surface area contributed by atoms with E-state index in [9.17, 15) is 9.59 Å². The lowest BCUT2D eigenvalue weighted by atomic mass is 10.1. The second-order valence-corrected chi connectivity index (χ2v) is 4.20. The third-order valence-corrected chi connectivity index (χ3v) is 2.96. The number of para-hydroxylation sites is 1. The van der Waals surface area contributed by atoms with Crippen molar-refractivity contribution in [1.29, 1.82) is 0 Å². The normalized spacial score (nSPS) is 11.4. The minimum Gasteiger partial charge on any atom is -0.469 e. The van der Waals surface area contributed by atoms with Crippen molar-refractivity contribution in [1.82, 2.24) is 4.98 Å². The Bertz CT molecular complexity index is 669. The molecule has 0 unspecified atom stereocenters. The molecule has 0 amide bonds. The van der Waals surface area contributed by atoms with E-state index in [1.165, 1.54) is 14.2 Å². The molecular formula is C15H15NO4. The van der Waals surface area contributed by atoms with Gasteiger partial charge in [0.05, 0.1) is 20.6 Å². The fraction of sp³-hybridized carbons (Fsp3) is 0.200. The average molecular weight is 273 g/mol. The fourth-order valence-corrected chi connectivity index (χ4v) is 1.94. The maximum absolute atomic E-state index is 11.7. The first kappa shape index (κ1) is 13.9. The van der Waals surface area contributed by atoms with E-state index in [-0.39, 0.29) is 12.0 Å². The van der Waals surface area contributed by atoms with Crippen LogP contribution in [0.25, 0.3) is 17.0 Å². The molecule has 1 aromatic carbocycles. The number of esters is 2. The Labute approximate surface area is 116 Å². The lowest BCUT2D eigenvalue weighted by Gasteiger charge is -2.04. The van der Waals surface area contributed by atoms with Crippen LogP contribution in [0, 0.1) is 0 Å². The van der Waals surface area contributed by atoms with Crippen molar-refractivity contribution in [3.8, 4) is 0 Å². The number of carbonyl (C=O) groups excluding carboxylic acids is 2. The standard InChI is InChI=1S/C15H15NO4/c1-19-14(17)8-10(15(18)20-2)7-11-9-16-13-6-4-3-5-12(11)13/h3-7,9,16H,8H2,1-2H3/b10-7+. The monoisotopic (exact) mass is 273 g/mol. The third kappa shape index (κ3) is 2.88. The molecule has 0 spiro atoms. The molecule has 0 aliphatic heterocycles. The van der Waals surface area contributed by atoms with Crippen LogP contribution in [0.3, 0.4) is 0 Å². The van der Waals surface area contributed by atoms with E-state index in [2.05, 4.69) is 9.72 Å². The molecule has 0 aliphatic carbocycles. The van der Waals surface area contributed by atoms with E-state index in [1.807, 2.05) is 24.3 Å². The Kier molecular flexibility index (Phi) is 4.20. The molecule has 0 bridgehead atoms. The predicted octanol–water partition coefficient (Wildman–Crippen LogP) is 2.29. The SMILES string of the molecule is COC(=O)C/C(=C\c1c[nH]c2ccccc12)C(=O)OC. The van der Waals surface area contributed by atoms with Crippen molar-refractivity contribution in [2.24, 2.45) is 0 Å². The van der Waals surface area contributed by atoms with Gasteiger partial charge in [-0.05, 0) is 12.1 Å². The third-order valence-electron chi connectivity index (χ3n) is 2.96. The quantitative estimate of drug-likeness (QED) is 0.685. The zero-order chi connectivity index (χ0) is 14.5. The van der Waals surface area contributed by atoms with Gasteiger partial charge in [-0.1, -0.05) is 18.2 Å². The van der Waals surface area contributed by atoms with Gasteiger partial charge in [-0.15, -0.1) is 0 Å². The molecule has 20 heavy (non-hydrogen) atoms. The molecule has 2 aromatic rings. The zero-order valence-electron chi connectivity index (χ0n) is 11.3. The smallest absolute Gasteiger partial charge is 0.334 e. The summed E-state index contributed by atoms with van der Waals surface area (Å²) < 4.78 is 9.28. The largest absolute Gasteiger partial charge is 0.469 e. The summed E-state index contributed by atoms with van der Waals surface area (Å²) in [4.78, 5) is 26.2. The van der Waals surface area contributed by atoms with Gasteiger partial charge in [0.25, 0.3) is 0 Å². The van der Waals surface area contributed by atoms with Crippen LogP contribution in [0.2, 0.25) is 0 Å². The van der Waals surface area contributed by atoms with Crippen molar-refractivity contribution in [3.05, 3.63) is 41.6 Å². The van der Waals surface area contributed by atoms with Gasteiger partial charge < -0.3 is 14.5 Å². The zero-order valence-corrected chi connectivity index (χ0v) is 11.3. The van der Waals surface area contributed by atoms with Crippen molar-refractivity contribution < 1.29 is 19.1 Å². The number of hydrogen-bond acceptors (Lipinski definition) is 4. The minimum atomic E-state index is -0.541. The Hall–Kier alpha value is -2.56. The van der Waals surface area contributed by atoms with E-state index >= 15 is 0 Å². The predicted molar refractivity (Wildman–Crippen MR) is 74.9 cm³/mol. The maximum atomic E-state index is 11.7. The van der Waals surface area contributed by atoms with Crippen molar-refractivity contribution in [3.63, 3.8) is 0 Å². The summed E-state index contributed by atoms with van der Waals surface area (Å²) in [7, 11) is 2.56. The van der Waals surface area contributed by atoms with Crippen LogP contribution in [-0.2, 0) is 19.1 Å². The number of ether oxygens (including phenoxy) is 2. The first-order chi connectivity index (χ1) is 9.65. The summed E-state index contributed by atoms with van der Waals surface area (Å²) in [5.74, 6) is -1.03. The molecule has 2 rings (SSSR count). The number of rotatable bonds is 4. The average Bonchev–Trinajstić information content (AvgIpc) is 2.89. The summed E-state index contributed by atoms with van der Waals surface area (Å²) in [5.41, 5.74) is 2.04. The number of methoxy groups -OCH3 is 2. The molecule has 1 heterocycles. The van der Waals surface area contributed by atoms with Crippen molar-refractivity contribution in [2.45, 2.75) is 6.42 Å². The van der Waals surface area contributed by atoms with Crippen LogP contribution in [-0.4, -0.2) is 31.1 Å². The summed E-state index contributed by atoms with van der Waals surface area (Å²) in [5, 5.41) is 0.971. The van der Waals surface area contributed by atoms with Gasteiger partial charge in [-0.3, -0.25) is 4.79 Å². The second kappa shape index (κ2) is 6.06. The number of hydrogen-bond donors (Lipinski definition) is 1. The first-order valence-electron chi connectivity index (χ1n) is 6.07. The number of carbonyl (C=O) groups is 2. The van der Waals surface area contributed by atoms with E-state index in [4.69, 9.17) is 4.74 Å². The van der Waals surface area contributed by atoms with E-state index in [0.29, 0.717) is 0 Å². The minimum absolute atomic E-state index is 0.122. The first-order valence-corrected chi connectivity index (χ1v) is 6.07. The van der Waals surface area contributed by atoms with Crippen LogP contribution in [0.5, 0.6) is 0 Å². The highest BCUT2D eigenvalue weighted by Crippen LogP contribution is 2.21. The summed E-state index contributed by atoms with van der Waals surface area (Å²) in [6.45, 7) is 0. The summed E-state index contributed by atoms with van der Waals surface area (Å²) in [6.07, 6.45) is 3.30. The molecular weight excluding hydrogens is 258 g/mol. The number of aromatic amines is 1. The van der Waals surface area contributed by atoms with Gasteiger partial charge in [0.15, 0.2) is 0 Å². The van der Waals surface area contributed by atoms with Crippen LogP contribution in [0.1, 0.15) is 12.0 Å². The molecule has 0 aliphatic rings. The highest BCUT2D eigenvalue weighted by atomic mass is 16.5. The molecule has 0 saturated heterocycles. The van der Waals surface area contributed by atoms with Crippen LogP contribution < -0.4 is 0 Å². The van der Waals surface area contributed by atoms with Gasteiger partial charge >= 0.3 is 11.9 Å². The number of nitrogens with one attached hydrogen (secondary N) is 1. The molecule has 1 N–H and O–H groups in total. The van der Waals surface area contributed by atoms with Gasteiger partial charge in [0.1, 0.15) is 0 Å². The van der Waals surface area contributed by atoms with E-state index in [0.717, 1.165) is 16.5 Å². The highest BCUT2D eigenvalue weighted by Gasteiger charge is 2.15. The summed E-state index contributed by atoms with van der Waals surface area (Å²) >= 11 is 0. The van der Waals surface area contributed by atoms with Crippen molar-refractivity contribution in [2.75, 3.05) is 14.2 Å². The topological polar surface area (TPSA) is 68.4 Å². The Morgan fingerprint density at radius 2 is 1.95 bits per heavy atom. The highest BCUT2D eigenvalue weighted by molar-refractivity contribution is 6.01. The summed E-state index contributed by atoms with van der Waals surface area (Å²) in [6, 6.07) is 7.70. The number of aromatic nitrogens is 1. The molecule has 0 atom stereocenters. The van der Waals surface area contributed by atoms with E-state index < -0.39 is 11.9 Å². The molecule has 0 saturated carbocycles. The molecule has 0 fully saturated rings.